The molecule has 138 valence electrons. The van der Waals surface area contributed by atoms with Gasteiger partial charge in [0.05, 0.1) is 7.11 Å². The van der Waals surface area contributed by atoms with E-state index in [1.165, 1.54) is 0 Å². The molecular weight excluding hydrogens is 373 g/mol. The van der Waals surface area contributed by atoms with Gasteiger partial charge in [-0.25, -0.2) is 0 Å². The van der Waals surface area contributed by atoms with Gasteiger partial charge in [0.25, 0.3) is 0 Å². The Balaban J connectivity index is 0.00000264. The first-order valence-corrected chi connectivity index (χ1v) is 8.04. The number of methoxy groups -OCH3 is 1. The number of carbonyl (C=O) groups excluding carboxylic acids is 1. The molecule has 2 N–H and O–H groups in total. The second-order valence-corrected chi connectivity index (χ2v) is 5.94. The van der Waals surface area contributed by atoms with Crippen LogP contribution in [0.15, 0.2) is 18.2 Å². The van der Waals surface area contributed by atoms with Gasteiger partial charge >= 0.3 is 0 Å². The van der Waals surface area contributed by atoms with Crippen molar-refractivity contribution in [1.82, 2.24) is 9.80 Å². The van der Waals surface area contributed by atoms with E-state index >= 15 is 0 Å². The van der Waals surface area contributed by atoms with Gasteiger partial charge in [-0.1, -0.05) is 11.6 Å². The Hall–Kier alpha value is -0.720. The molecule has 1 aliphatic rings. The highest BCUT2D eigenvalue weighted by molar-refractivity contribution is 6.30. The molecule has 0 bridgehead atoms. The molecule has 0 saturated carbocycles. The topological polar surface area (TPSA) is 58.8 Å². The van der Waals surface area contributed by atoms with Gasteiger partial charge in [0.2, 0.25) is 5.91 Å². The minimum Gasteiger partial charge on any atom is -0.496 e. The Bertz CT molecular complexity index is 509. The Kier molecular flexibility index (Phi) is 11.4. The summed E-state index contributed by atoms with van der Waals surface area (Å²) in [6.45, 7) is 4.63. The molecule has 1 fully saturated rings. The van der Waals surface area contributed by atoms with Crippen LogP contribution in [0.2, 0.25) is 5.02 Å². The van der Waals surface area contributed by atoms with Crippen LogP contribution < -0.4 is 10.5 Å². The zero-order valence-corrected chi connectivity index (χ0v) is 16.3. The summed E-state index contributed by atoms with van der Waals surface area (Å²) in [5, 5.41) is 0.714. The SMILES string of the molecule is COc1ccc(Cl)cc1CN1CCN(C(=O)CCCN)CC1.Cl.Cl. The summed E-state index contributed by atoms with van der Waals surface area (Å²) in [5.74, 6) is 1.07. The second-order valence-electron chi connectivity index (χ2n) is 5.51. The lowest BCUT2D eigenvalue weighted by atomic mass is 10.1. The third-order valence-corrected chi connectivity index (χ3v) is 4.19. The largest absolute Gasteiger partial charge is 0.496 e. The molecule has 24 heavy (non-hydrogen) atoms. The second kappa shape index (κ2) is 11.8. The maximum absolute atomic E-state index is 12.0. The fourth-order valence-electron chi connectivity index (χ4n) is 2.68. The summed E-state index contributed by atoms with van der Waals surface area (Å²) in [7, 11) is 1.67. The van der Waals surface area contributed by atoms with Gasteiger partial charge in [-0.3, -0.25) is 9.69 Å². The Labute approximate surface area is 161 Å². The maximum Gasteiger partial charge on any atom is 0.222 e. The summed E-state index contributed by atoms with van der Waals surface area (Å²) in [5.41, 5.74) is 6.53. The van der Waals surface area contributed by atoms with Crippen molar-refractivity contribution in [2.24, 2.45) is 5.73 Å². The first-order chi connectivity index (χ1) is 10.6. The summed E-state index contributed by atoms with van der Waals surface area (Å²) >= 11 is 6.07. The van der Waals surface area contributed by atoms with Gasteiger partial charge < -0.3 is 15.4 Å². The van der Waals surface area contributed by atoms with E-state index in [0.29, 0.717) is 18.0 Å². The number of rotatable bonds is 6. The van der Waals surface area contributed by atoms with E-state index in [0.717, 1.165) is 50.5 Å². The van der Waals surface area contributed by atoms with Crippen LogP contribution in [0.25, 0.3) is 0 Å². The van der Waals surface area contributed by atoms with Crippen molar-refractivity contribution in [3.8, 4) is 5.75 Å². The molecule has 1 aliphatic heterocycles. The highest BCUT2D eigenvalue weighted by Crippen LogP contribution is 2.24. The molecule has 0 spiro atoms. The average molecular weight is 399 g/mol. The summed E-state index contributed by atoms with van der Waals surface area (Å²) in [6, 6.07) is 5.67. The number of nitrogens with two attached hydrogens (primary N) is 1. The number of hydrogen-bond donors (Lipinski definition) is 1. The van der Waals surface area contributed by atoms with Crippen LogP contribution in [-0.2, 0) is 11.3 Å². The smallest absolute Gasteiger partial charge is 0.222 e. The van der Waals surface area contributed by atoms with Gasteiger partial charge in [-0.05, 0) is 31.2 Å². The molecule has 1 saturated heterocycles. The summed E-state index contributed by atoms with van der Waals surface area (Å²) < 4.78 is 5.38. The molecule has 0 aromatic heterocycles. The number of benzene rings is 1. The Morgan fingerprint density at radius 3 is 2.50 bits per heavy atom. The Morgan fingerprint density at radius 1 is 1.25 bits per heavy atom. The van der Waals surface area contributed by atoms with Crippen molar-refractivity contribution in [2.75, 3.05) is 39.8 Å². The number of piperazine rings is 1. The standard InChI is InChI=1S/C16H24ClN3O2.2ClH/c1-22-15-5-4-14(17)11-13(15)12-19-7-9-20(10-8-19)16(21)3-2-6-18;;/h4-5,11H,2-3,6-10,12,18H2,1H3;2*1H. The summed E-state index contributed by atoms with van der Waals surface area (Å²) in [6.07, 6.45) is 1.32. The number of amides is 1. The number of ether oxygens (including phenoxy) is 1. The van der Waals surface area contributed by atoms with E-state index in [-0.39, 0.29) is 30.7 Å². The van der Waals surface area contributed by atoms with Crippen LogP contribution in [0.1, 0.15) is 18.4 Å². The first-order valence-electron chi connectivity index (χ1n) is 7.66. The first kappa shape index (κ1) is 23.3. The predicted molar refractivity (Wildman–Crippen MR) is 103 cm³/mol. The van der Waals surface area contributed by atoms with E-state index in [1.807, 2.05) is 23.1 Å². The van der Waals surface area contributed by atoms with Gasteiger partial charge in [-0.2, -0.15) is 0 Å². The van der Waals surface area contributed by atoms with E-state index < -0.39 is 0 Å². The lowest BCUT2D eigenvalue weighted by Gasteiger charge is -2.35. The fourth-order valence-corrected chi connectivity index (χ4v) is 2.87. The van der Waals surface area contributed by atoms with E-state index in [4.69, 9.17) is 22.1 Å². The molecule has 1 aromatic carbocycles. The quantitative estimate of drug-likeness (QED) is 0.800. The van der Waals surface area contributed by atoms with Crippen molar-refractivity contribution in [3.63, 3.8) is 0 Å². The van der Waals surface area contributed by atoms with Gasteiger partial charge in [0, 0.05) is 49.7 Å². The number of hydrogen-bond acceptors (Lipinski definition) is 4. The molecule has 1 aromatic rings. The van der Waals surface area contributed by atoms with Crippen molar-refractivity contribution >= 4 is 42.3 Å². The van der Waals surface area contributed by atoms with Crippen LogP contribution in [0, 0.1) is 0 Å². The number of halogens is 3. The zero-order chi connectivity index (χ0) is 15.9. The third kappa shape index (κ3) is 6.65. The van der Waals surface area contributed by atoms with Gasteiger partial charge in [0.15, 0.2) is 0 Å². The van der Waals surface area contributed by atoms with Crippen molar-refractivity contribution < 1.29 is 9.53 Å². The molecule has 8 heteroatoms. The molecule has 5 nitrogen and oxygen atoms in total. The van der Waals surface area contributed by atoms with Crippen LogP contribution >= 0.6 is 36.4 Å². The molecule has 0 unspecified atom stereocenters. The lowest BCUT2D eigenvalue weighted by Crippen LogP contribution is -2.48. The van der Waals surface area contributed by atoms with E-state index in [2.05, 4.69) is 4.90 Å². The predicted octanol–water partition coefficient (Wildman–Crippen LogP) is 2.58. The highest BCUT2D eigenvalue weighted by atomic mass is 35.5. The van der Waals surface area contributed by atoms with Gasteiger partial charge in [-0.15, -0.1) is 24.8 Å². The van der Waals surface area contributed by atoms with E-state index in [1.54, 1.807) is 7.11 Å². The molecule has 0 atom stereocenters. The fraction of sp³-hybridized carbons (Fsp3) is 0.562. The maximum atomic E-state index is 12.0. The average Bonchev–Trinajstić information content (AvgIpc) is 2.53. The Morgan fingerprint density at radius 2 is 1.92 bits per heavy atom. The van der Waals surface area contributed by atoms with Crippen molar-refractivity contribution in [2.45, 2.75) is 19.4 Å². The molecule has 1 amide bonds. The minimum absolute atomic E-state index is 0. The van der Waals surface area contributed by atoms with Crippen LogP contribution in [0.4, 0.5) is 0 Å². The van der Waals surface area contributed by atoms with Crippen LogP contribution in [-0.4, -0.2) is 55.5 Å². The highest BCUT2D eigenvalue weighted by Gasteiger charge is 2.21. The molecule has 0 aliphatic carbocycles. The third-order valence-electron chi connectivity index (χ3n) is 3.96. The minimum atomic E-state index is 0. The molecule has 1 heterocycles. The molecular formula is C16H26Cl3N3O2. The number of nitrogens with zero attached hydrogens (tertiary/aromatic N) is 2. The zero-order valence-electron chi connectivity index (χ0n) is 13.9. The molecule has 0 radical (unpaired) electrons. The normalized spacial score (nSPS) is 14.5. The van der Waals surface area contributed by atoms with Crippen molar-refractivity contribution in [1.29, 1.82) is 0 Å². The van der Waals surface area contributed by atoms with Crippen molar-refractivity contribution in [3.05, 3.63) is 28.8 Å². The number of carbonyl (C=O) groups is 1. The van der Waals surface area contributed by atoms with E-state index in [9.17, 15) is 4.79 Å². The lowest BCUT2D eigenvalue weighted by molar-refractivity contribution is -0.133. The summed E-state index contributed by atoms with van der Waals surface area (Å²) in [4.78, 5) is 16.2. The monoisotopic (exact) mass is 397 g/mol. The van der Waals surface area contributed by atoms with Crippen LogP contribution in [0.5, 0.6) is 5.75 Å². The molecule has 2 rings (SSSR count). The van der Waals surface area contributed by atoms with Crippen LogP contribution in [0.3, 0.4) is 0 Å². The van der Waals surface area contributed by atoms with Gasteiger partial charge in [0.1, 0.15) is 5.75 Å².